The second-order valence-electron chi connectivity index (χ2n) is 3.95. The van der Waals surface area contributed by atoms with Gasteiger partial charge in [0.05, 0.1) is 13.0 Å². The fraction of sp³-hybridized carbons (Fsp3) is 0.417. The van der Waals surface area contributed by atoms with Gasteiger partial charge in [-0.3, -0.25) is 4.79 Å². The van der Waals surface area contributed by atoms with Crippen LogP contribution in [0.5, 0.6) is 5.75 Å². The van der Waals surface area contributed by atoms with E-state index >= 15 is 0 Å². The number of methoxy groups -OCH3 is 1. The molecule has 0 fully saturated rings. The fourth-order valence-corrected chi connectivity index (χ4v) is 1.68. The molecule has 0 aliphatic heterocycles. The summed E-state index contributed by atoms with van der Waals surface area (Å²) in [6.07, 6.45) is 0. The molecule has 1 rings (SSSR count). The summed E-state index contributed by atoms with van der Waals surface area (Å²) in [6.45, 7) is 3.63. The van der Waals surface area contributed by atoms with Crippen molar-refractivity contribution in [3.8, 4) is 5.75 Å². The molecule has 0 aromatic heterocycles. The third-order valence-electron chi connectivity index (χ3n) is 2.47. The predicted molar refractivity (Wildman–Crippen MR) is 58.2 cm³/mol. The van der Waals surface area contributed by atoms with E-state index in [2.05, 4.69) is 0 Å². The molecule has 1 aromatic rings. The van der Waals surface area contributed by atoms with E-state index in [1.54, 1.807) is 0 Å². The Hall–Kier alpha value is -1.58. The third-order valence-corrected chi connectivity index (χ3v) is 2.47. The van der Waals surface area contributed by atoms with E-state index in [-0.39, 0.29) is 11.7 Å². The Morgan fingerprint density at radius 1 is 1.44 bits per heavy atom. The number of carboxylic acids is 1. The van der Waals surface area contributed by atoms with Gasteiger partial charge >= 0.3 is 5.97 Å². The molecule has 0 saturated heterocycles. The Morgan fingerprint density at radius 3 is 2.50 bits per heavy atom. The van der Waals surface area contributed by atoms with Crippen LogP contribution in [-0.2, 0) is 4.79 Å². The van der Waals surface area contributed by atoms with Crippen LogP contribution in [0.25, 0.3) is 0 Å². The molecule has 0 aliphatic rings. The van der Waals surface area contributed by atoms with Crippen molar-refractivity contribution in [3.05, 3.63) is 29.6 Å². The lowest BCUT2D eigenvalue weighted by Crippen LogP contribution is -2.17. The van der Waals surface area contributed by atoms with Crippen LogP contribution in [0, 0.1) is 11.7 Å². The van der Waals surface area contributed by atoms with Crippen molar-refractivity contribution in [2.45, 2.75) is 19.8 Å². The van der Waals surface area contributed by atoms with Gasteiger partial charge in [-0.25, -0.2) is 4.39 Å². The van der Waals surface area contributed by atoms with Gasteiger partial charge in [-0.05, 0) is 23.6 Å². The first kappa shape index (κ1) is 12.5. The predicted octanol–water partition coefficient (Wildman–Crippen LogP) is 2.66. The van der Waals surface area contributed by atoms with Crippen LogP contribution in [-0.4, -0.2) is 18.2 Å². The summed E-state index contributed by atoms with van der Waals surface area (Å²) >= 11 is 0. The number of rotatable bonds is 4. The Bertz CT molecular complexity index is 388. The van der Waals surface area contributed by atoms with Crippen LogP contribution in [0.3, 0.4) is 0 Å². The van der Waals surface area contributed by atoms with Crippen molar-refractivity contribution >= 4 is 5.97 Å². The van der Waals surface area contributed by atoms with Gasteiger partial charge in [0.15, 0.2) is 11.6 Å². The molecule has 1 atom stereocenters. The quantitative estimate of drug-likeness (QED) is 0.858. The van der Waals surface area contributed by atoms with Gasteiger partial charge in [-0.2, -0.15) is 0 Å². The highest BCUT2D eigenvalue weighted by Crippen LogP contribution is 2.28. The largest absolute Gasteiger partial charge is 0.494 e. The lowest BCUT2D eigenvalue weighted by Gasteiger charge is -2.17. The second kappa shape index (κ2) is 4.96. The van der Waals surface area contributed by atoms with Crippen molar-refractivity contribution in [1.29, 1.82) is 0 Å². The molecule has 88 valence electrons. The number of carbonyl (C=O) groups is 1. The first-order chi connectivity index (χ1) is 7.47. The summed E-state index contributed by atoms with van der Waals surface area (Å²) in [5.41, 5.74) is 0.556. The maximum absolute atomic E-state index is 13.2. The fourth-order valence-electron chi connectivity index (χ4n) is 1.68. The summed E-state index contributed by atoms with van der Waals surface area (Å²) < 4.78 is 18.0. The molecule has 16 heavy (non-hydrogen) atoms. The topological polar surface area (TPSA) is 46.5 Å². The van der Waals surface area contributed by atoms with Gasteiger partial charge in [-0.1, -0.05) is 19.9 Å². The van der Waals surface area contributed by atoms with Crippen LogP contribution in [0.15, 0.2) is 18.2 Å². The van der Waals surface area contributed by atoms with Crippen molar-refractivity contribution in [3.63, 3.8) is 0 Å². The van der Waals surface area contributed by atoms with Gasteiger partial charge in [0, 0.05) is 0 Å². The zero-order valence-corrected chi connectivity index (χ0v) is 9.53. The van der Waals surface area contributed by atoms with E-state index in [0.29, 0.717) is 5.56 Å². The normalized spacial score (nSPS) is 12.6. The van der Waals surface area contributed by atoms with Gasteiger partial charge in [-0.15, -0.1) is 0 Å². The molecule has 1 N–H and O–H groups in total. The van der Waals surface area contributed by atoms with E-state index in [1.165, 1.54) is 25.3 Å². The number of benzene rings is 1. The van der Waals surface area contributed by atoms with E-state index < -0.39 is 17.7 Å². The molecule has 0 bridgehead atoms. The molecule has 1 aromatic carbocycles. The number of hydrogen-bond donors (Lipinski definition) is 1. The highest BCUT2D eigenvalue weighted by Gasteiger charge is 2.24. The van der Waals surface area contributed by atoms with Crippen molar-refractivity contribution < 1.29 is 19.0 Å². The summed E-state index contributed by atoms with van der Waals surface area (Å²) in [5.74, 6) is -2.03. The molecular formula is C12H15FO3. The van der Waals surface area contributed by atoms with Crippen LogP contribution < -0.4 is 4.74 Å². The summed E-state index contributed by atoms with van der Waals surface area (Å²) in [6, 6.07) is 4.15. The van der Waals surface area contributed by atoms with Gasteiger partial charge in [0.2, 0.25) is 0 Å². The third kappa shape index (κ3) is 2.51. The second-order valence-corrected chi connectivity index (χ2v) is 3.95. The first-order valence-electron chi connectivity index (χ1n) is 5.03. The molecule has 0 radical (unpaired) electrons. The molecule has 1 unspecified atom stereocenters. The van der Waals surface area contributed by atoms with Gasteiger partial charge in [0.1, 0.15) is 0 Å². The maximum atomic E-state index is 13.2. The monoisotopic (exact) mass is 226 g/mol. The van der Waals surface area contributed by atoms with Crippen molar-refractivity contribution in [1.82, 2.24) is 0 Å². The first-order valence-corrected chi connectivity index (χ1v) is 5.03. The van der Waals surface area contributed by atoms with Crippen molar-refractivity contribution in [2.24, 2.45) is 5.92 Å². The van der Waals surface area contributed by atoms with Crippen LogP contribution >= 0.6 is 0 Å². The van der Waals surface area contributed by atoms with Crippen molar-refractivity contribution in [2.75, 3.05) is 7.11 Å². The molecule has 0 saturated carbocycles. The van der Waals surface area contributed by atoms with Crippen LogP contribution in [0.1, 0.15) is 25.3 Å². The summed E-state index contributed by atoms with van der Waals surface area (Å²) in [7, 11) is 1.35. The number of carboxylic acid groups (broad SMARTS) is 1. The Kier molecular flexibility index (Phi) is 3.88. The SMILES string of the molecule is COc1cc(C(C(=O)O)C(C)C)ccc1F. The van der Waals surface area contributed by atoms with Gasteiger partial charge in [0.25, 0.3) is 0 Å². The summed E-state index contributed by atoms with van der Waals surface area (Å²) in [4.78, 5) is 11.1. The number of aliphatic carboxylic acids is 1. The minimum Gasteiger partial charge on any atom is -0.494 e. The molecular weight excluding hydrogens is 211 g/mol. The summed E-state index contributed by atoms with van der Waals surface area (Å²) in [5, 5.41) is 9.10. The van der Waals surface area contributed by atoms with Gasteiger partial charge < -0.3 is 9.84 Å². The highest BCUT2D eigenvalue weighted by atomic mass is 19.1. The Balaban J connectivity index is 3.15. The van der Waals surface area contributed by atoms with Crippen LogP contribution in [0.2, 0.25) is 0 Å². The standard InChI is InChI=1S/C12H15FO3/c1-7(2)11(12(14)15)8-4-5-9(13)10(6-8)16-3/h4-7,11H,1-3H3,(H,14,15). The average Bonchev–Trinajstić information content (AvgIpc) is 2.19. The maximum Gasteiger partial charge on any atom is 0.311 e. The van der Waals surface area contributed by atoms with Crippen LogP contribution in [0.4, 0.5) is 4.39 Å². The molecule has 0 heterocycles. The number of halogens is 1. The minimum absolute atomic E-state index is 0.0623. The zero-order chi connectivity index (χ0) is 12.3. The molecule has 0 amide bonds. The number of ether oxygens (including phenoxy) is 1. The Labute approximate surface area is 93.9 Å². The molecule has 4 heteroatoms. The van der Waals surface area contributed by atoms with E-state index in [0.717, 1.165) is 0 Å². The van der Waals surface area contributed by atoms with E-state index in [1.807, 2.05) is 13.8 Å². The molecule has 3 nitrogen and oxygen atoms in total. The zero-order valence-electron chi connectivity index (χ0n) is 9.53. The smallest absolute Gasteiger partial charge is 0.311 e. The lowest BCUT2D eigenvalue weighted by atomic mass is 9.88. The van der Waals surface area contributed by atoms with E-state index in [4.69, 9.17) is 9.84 Å². The molecule has 0 spiro atoms. The molecule has 0 aliphatic carbocycles. The lowest BCUT2D eigenvalue weighted by molar-refractivity contribution is -0.139. The average molecular weight is 226 g/mol. The Morgan fingerprint density at radius 2 is 2.06 bits per heavy atom. The number of hydrogen-bond acceptors (Lipinski definition) is 2. The minimum atomic E-state index is -0.913. The van der Waals surface area contributed by atoms with E-state index in [9.17, 15) is 9.18 Å². The highest BCUT2D eigenvalue weighted by molar-refractivity contribution is 5.76.